The van der Waals surface area contributed by atoms with Crippen LogP contribution in [-0.4, -0.2) is 25.7 Å². The highest BCUT2D eigenvalue weighted by molar-refractivity contribution is 5.86. The van der Waals surface area contributed by atoms with Gasteiger partial charge in [0.2, 0.25) is 0 Å². The van der Waals surface area contributed by atoms with Gasteiger partial charge >= 0.3 is 5.97 Å². The predicted molar refractivity (Wildman–Crippen MR) is 44.4 cm³/mol. The van der Waals surface area contributed by atoms with Gasteiger partial charge in [0.05, 0.1) is 0 Å². The van der Waals surface area contributed by atoms with Crippen molar-refractivity contribution in [2.75, 3.05) is 5.73 Å². The highest BCUT2D eigenvalue weighted by Crippen LogP contribution is 2.07. The van der Waals surface area contributed by atoms with Crippen molar-refractivity contribution in [3.63, 3.8) is 0 Å². The Bertz CT molecular complexity index is 476. The SMILES string of the molecule is Nc1ccnc2cc(C(=O)O)nn12. The van der Waals surface area contributed by atoms with Gasteiger partial charge in [-0.15, -0.1) is 0 Å². The van der Waals surface area contributed by atoms with E-state index in [0.717, 1.165) is 0 Å². The number of fused-ring (bicyclic) bond motifs is 1. The van der Waals surface area contributed by atoms with Crippen LogP contribution in [0, 0.1) is 0 Å². The molecule has 2 aromatic rings. The summed E-state index contributed by atoms with van der Waals surface area (Å²) in [5, 5.41) is 12.4. The van der Waals surface area contributed by atoms with Crippen LogP contribution in [0.15, 0.2) is 18.3 Å². The van der Waals surface area contributed by atoms with Crippen LogP contribution in [0.5, 0.6) is 0 Å². The summed E-state index contributed by atoms with van der Waals surface area (Å²) in [6.07, 6.45) is 1.50. The number of anilines is 1. The van der Waals surface area contributed by atoms with Gasteiger partial charge in [0, 0.05) is 12.3 Å². The molecule has 3 N–H and O–H groups in total. The van der Waals surface area contributed by atoms with Gasteiger partial charge < -0.3 is 10.8 Å². The number of nitrogens with two attached hydrogens (primary N) is 1. The van der Waals surface area contributed by atoms with E-state index in [-0.39, 0.29) is 5.69 Å². The fourth-order valence-corrected chi connectivity index (χ4v) is 1.02. The molecule has 0 aliphatic rings. The maximum Gasteiger partial charge on any atom is 0.356 e. The first-order valence-electron chi connectivity index (χ1n) is 3.52. The van der Waals surface area contributed by atoms with E-state index in [1.165, 1.54) is 16.8 Å². The molecule has 0 amide bonds. The molecular formula is C7H6N4O2. The van der Waals surface area contributed by atoms with E-state index in [0.29, 0.717) is 11.5 Å². The van der Waals surface area contributed by atoms with Crippen molar-refractivity contribution in [3.8, 4) is 0 Å². The highest BCUT2D eigenvalue weighted by Gasteiger charge is 2.09. The summed E-state index contributed by atoms with van der Waals surface area (Å²) in [4.78, 5) is 14.4. The molecule has 0 fully saturated rings. The lowest BCUT2D eigenvalue weighted by Gasteiger charge is -1.94. The Balaban J connectivity index is 2.75. The minimum absolute atomic E-state index is 0.0644. The van der Waals surface area contributed by atoms with Gasteiger partial charge in [-0.25, -0.2) is 9.78 Å². The first kappa shape index (κ1) is 7.53. The quantitative estimate of drug-likeness (QED) is 0.641. The molecule has 66 valence electrons. The van der Waals surface area contributed by atoms with Gasteiger partial charge in [0.15, 0.2) is 11.3 Å². The molecule has 0 bridgehead atoms. The first-order valence-corrected chi connectivity index (χ1v) is 3.52. The highest BCUT2D eigenvalue weighted by atomic mass is 16.4. The third-order valence-electron chi connectivity index (χ3n) is 1.61. The molecule has 0 radical (unpaired) electrons. The molecule has 0 aromatic carbocycles. The Labute approximate surface area is 72.6 Å². The van der Waals surface area contributed by atoms with E-state index in [1.54, 1.807) is 6.07 Å². The van der Waals surface area contributed by atoms with Crippen LogP contribution in [0.1, 0.15) is 10.5 Å². The lowest BCUT2D eigenvalue weighted by Crippen LogP contribution is -2.01. The lowest BCUT2D eigenvalue weighted by molar-refractivity contribution is 0.0690. The number of aromatic nitrogens is 3. The number of nitrogens with zero attached hydrogens (tertiary/aromatic N) is 3. The normalized spacial score (nSPS) is 10.5. The topological polar surface area (TPSA) is 93.5 Å². The van der Waals surface area contributed by atoms with E-state index in [9.17, 15) is 4.79 Å². The van der Waals surface area contributed by atoms with Crippen molar-refractivity contribution in [2.24, 2.45) is 0 Å². The van der Waals surface area contributed by atoms with Crippen molar-refractivity contribution in [3.05, 3.63) is 24.0 Å². The minimum Gasteiger partial charge on any atom is -0.476 e. The Hall–Kier alpha value is -2.11. The molecule has 0 unspecified atom stereocenters. The summed E-state index contributed by atoms with van der Waals surface area (Å²) in [7, 11) is 0. The molecule has 0 saturated carbocycles. The lowest BCUT2D eigenvalue weighted by atomic mass is 10.4. The number of nitrogen functional groups attached to an aromatic ring is 1. The Kier molecular flexibility index (Phi) is 1.42. The van der Waals surface area contributed by atoms with Crippen LogP contribution >= 0.6 is 0 Å². The average Bonchev–Trinajstić information content (AvgIpc) is 2.49. The molecule has 0 saturated heterocycles. The average molecular weight is 178 g/mol. The van der Waals surface area contributed by atoms with E-state index in [1.807, 2.05) is 0 Å². The van der Waals surface area contributed by atoms with E-state index in [4.69, 9.17) is 10.8 Å². The second-order valence-electron chi connectivity index (χ2n) is 2.47. The number of carbonyl (C=O) groups is 1. The number of aromatic carboxylic acids is 1. The molecule has 2 aromatic heterocycles. The Morgan fingerprint density at radius 2 is 2.38 bits per heavy atom. The summed E-state index contributed by atoms with van der Waals surface area (Å²) in [6.45, 7) is 0. The van der Waals surface area contributed by atoms with Crippen LogP contribution in [-0.2, 0) is 0 Å². The smallest absolute Gasteiger partial charge is 0.356 e. The zero-order chi connectivity index (χ0) is 9.42. The number of rotatable bonds is 1. The number of carboxylic acids is 1. The molecule has 6 nitrogen and oxygen atoms in total. The standard InChI is InChI=1S/C7H6N4O2/c8-5-1-2-9-6-3-4(7(12)13)10-11(5)6/h1-3H,8H2,(H,12,13). The summed E-state index contributed by atoms with van der Waals surface area (Å²) < 4.78 is 1.28. The number of carboxylic acid groups (broad SMARTS) is 1. The molecule has 0 atom stereocenters. The molecule has 13 heavy (non-hydrogen) atoms. The molecule has 0 aliphatic heterocycles. The van der Waals surface area contributed by atoms with Crippen LogP contribution in [0.25, 0.3) is 5.65 Å². The Morgan fingerprint density at radius 1 is 1.62 bits per heavy atom. The monoisotopic (exact) mass is 178 g/mol. The van der Waals surface area contributed by atoms with Crippen LogP contribution in [0.3, 0.4) is 0 Å². The maximum atomic E-state index is 10.5. The summed E-state index contributed by atoms with van der Waals surface area (Å²) >= 11 is 0. The zero-order valence-electron chi connectivity index (χ0n) is 6.51. The van der Waals surface area contributed by atoms with Crippen molar-refractivity contribution < 1.29 is 9.90 Å². The largest absolute Gasteiger partial charge is 0.476 e. The Morgan fingerprint density at radius 3 is 3.00 bits per heavy atom. The van der Waals surface area contributed by atoms with Crippen molar-refractivity contribution in [1.82, 2.24) is 14.6 Å². The molecule has 0 aliphatic carbocycles. The maximum absolute atomic E-state index is 10.5. The number of hydrogen-bond acceptors (Lipinski definition) is 4. The third-order valence-corrected chi connectivity index (χ3v) is 1.61. The second-order valence-corrected chi connectivity index (χ2v) is 2.47. The molecular weight excluding hydrogens is 172 g/mol. The molecule has 0 spiro atoms. The second kappa shape index (κ2) is 2.44. The number of hydrogen-bond donors (Lipinski definition) is 2. The van der Waals surface area contributed by atoms with Gasteiger partial charge in [0.25, 0.3) is 0 Å². The molecule has 2 rings (SSSR count). The first-order chi connectivity index (χ1) is 6.18. The molecule has 2 heterocycles. The fraction of sp³-hybridized carbons (Fsp3) is 0. The van der Waals surface area contributed by atoms with E-state index >= 15 is 0 Å². The van der Waals surface area contributed by atoms with Crippen molar-refractivity contribution in [1.29, 1.82) is 0 Å². The predicted octanol–water partition coefficient (Wildman–Crippen LogP) is 0.00970. The van der Waals surface area contributed by atoms with E-state index in [2.05, 4.69) is 10.1 Å². The van der Waals surface area contributed by atoms with Gasteiger partial charge in [0.1, 0.15) is 5.82 Å². The summed E-state index contributed by atoms with van der Waals surface area (Å²) in [5.41, 5.74) is 5.90. The van der Waals surface area contributed by atoms with Crippen LogP contribution in [0.2, 0.25) is 0 Å². The minimum atomic E-state index is -1.09. The van der Waals surface area contributed by atoms with Crippen molar-refractivity contribution >= 4 is 17.4 Å². The summed E-state index contributed by atoms with van der Waals surface area (Å²) in [6, 6.07) is 2.91. The van der Waals surface area contributed by atoms with Gasteiger partial charge in [-0.1, -0.05) is 0 Å². The van der Waals surface area contributed by atoms with Gasteiger partial charge in [-0.2, -0.15) is 9.61 Å². The van der Waals surface area contributed by atoms with Crippen LogP contribution < -0.4 is 5.73 Å². The molecule has 6 heteroatoms. The van der Waals surface area contributed by atoms with Crippen molar-refractivity contribution in [2.45, 2.75) is 0 Å². The third kappa shape index (κ3) is 1.08. The van der Waals surface area contributed by atoms with Gasteiger partial charge in [-0.05, 0) is 6.07 Å². The van der Waals surface area contributed by atoms with Gasteiger partial charge in [-0.3, -0.25) is 0 Å². The zero-order valence-corrected chi connectivity index (χ0v) is 6.51. The van der Waals surface area contributed by atoms with E-state index < -0.39 is 5.97 Å². The van der Waals surface area contributed by atoms with Crippen LogP contribution in [0.4, 0.5) is 5.82 Å². The summed E-state index contributed by atoms with van der Waals surface area (Å²) in [5.74, 6) is -0.734. The fourth-order valence-electron chi connectivity index (χ4n) is 1.02.